The van der Waals surface area contributed by atoms with Gasteiger partial charge >= 0.3 is 12.6 Å². The molecule has 2 aromatic rings. The number of benzene rings is 1. The smallest absolute Gasteiger partial charge is 0.388 e. The molecule has 7 nitrogen and oxygen atoms in total. The van der Waals surface area contributed by atoms with Crippen molar-refractivity contribution in [2.24, 2.45) is 0 Å². The van der Waals surface area contributed by atoms with E-state index < -0.39 is 12.6 Å². The van der Waals surface area contributed by atoms with E-state index in [0.717, 1.165) is 11.1 Å². The Morgan fingerprint density at radius 2 is 1.85 bits per heavy atom. The van der Waals surface area contributed by atoms with Crippen LogP contribution >= 0.6 is 0 Å². The van der Waals surface area contributed by atoms with Gasteiger partial charge in [-0.2, -0.15) is 8.78 Å². The van der Waals surface area contributed by atoms with E-state index >= 15 is 0 Å². The largest absolute Gasteiger partial charge is 0.415 e. The Bertz CT molecular complexity index is 1040. The van der Waals surface area contributed by atoms with Gasteiger partial charge < -0.3 is 15.0 Å². The Hall–Kier alpha value is -3.49. The van der Waals surface area contributed by atoms with E-state index in [1.807, 2.05) is 31.2 Å². The Labute approximate surface area is 192 Å². The van der Waals surface area contributed by atoms with Crippen molar-refractivity contribution in [3.8, 4) is 5.88 Å². The lowest BCUT2D eigenvalue weighted by Crippen LogP contribution is -2.50. The summed E-state index contributed by atoms with van der Waals surface area (Å²) in [4.78, 5) is 32.7. The minimum Gasteiger partial charge on any atom is -0.415 e. The molecule has 1 aliphatic heterocycles. The Balaban J connectivity index is 1.96. The van der Waals surface area contributed by atoms with Crippen LogP contribution in [0.5, 0.6) is 5.88 Å². The molecule has 2 heterocycles. The number of allylic oxidation sites excluding steroid dienone is 1. The van der Waals surface area contributed by atoms with Crippen LogP contribution in [-0.4, -0.2) is 47.6 Å². The van der Waals surface area contributed by atoms with Crippen molar-refractivity contribution in [2.45, 2.75) is 46.3 Å². The first-order chi connectivity index (χ1) is 15.7. The lowest BCUT2D eigenvalue weighted by atomic mass is 9.99. The van der Waals surface area contributed by atoms with E-state index in [1.54, 1.807) is 22.8 Å². The number of alkyl halides is 2. The molecule has 1 aliphatic rings. The molecule has 9 heteroatoms. The van der Waals surface area contributed by atoms with Crippen LogP contribution in [0.15, 0.2) is 43.0 Å². The molecule has 0 radical (unpaired) electrons. The first kappa shape index (κ1) is 24.2. The lowest BCUT2D eigenvalue weighted by molar-refractivity contribution is -0.129. The number of pyridine rings is 1. The van der Waals surface area contributed by atoms with E-state index in [-0.39, 0.29) is 23.5 Å². The average molecular weight is 459 g/mol. The Kier molecular flexibility index (Phi) is 7.63. The third kappa shape index (κ3) is 5.85. The highest BCUT2D eigenvalue weighted by Crippen LogP contribution is 2.32. The van der Waals surface area contributed by atoms with E-state index in [2.05, 4.69) is 21.6 Å². The number of carbonyl (C=O) groups is 2. The molecule has 0 atom stereocenters. The number of para-hydroxylation sites is 1. The Morgan fingerprint density at radius 1 is 1.18 bits per heavy atom. The second-order valence-electron chi connectivity index (χ2n) is 8.02. The van der Waals surface area contributed by atoms with E-state index in [1.165, 1.54) is 13.0 Å². The van der Waals surface area contributed by atoms with Crippen LogP contribution in [0.3, 0.4) is 0 Å². The number of rotatable bonds is 6. The molecule has 1 aromatic heterocycles. The second-order valence-corrected chi connectivity index (χ2v) is 8.02. The summed E-state index contributed by atoms with van der Waals surface area (Å²) in [5.74, 6) is -0.357. The quantitative estimate of drug-likeness (QED) is 0.656. The number of nitrogens with zero attached hydrogens (tertiary/aromatic N) is 3. The van der Waals surface area contributed by atoms with E-state index in [0.29, 0.717) is 37.3 Å². The molecule has 3 rings (SSSR count). The van der Waals surface area contributed by atoms with Crippen molar-refractivity contribution < 1.29 is 23.1 Å². The van der Waals surface area contributed by atoms with Gasteiger partial charge in [0.15, 0.2) is 0 Å². The Morgan fingerprint density at radius 3 is 2.45 bits per heavy atom. The molecule has 1 fully saturated rings. The number of carbonyl (C=O) groups excluding carboxylic acids is 2. The fraction of sp³-hybridized carbons (Fsp3) is 0.375. The summed E-state index contributed by atoms with van der Waals surface area (Å²) in [6.07, 6.45) is 1.15. The predicted molar refractivity (Wildman–Crippen MR) is 124 cm³/mol. The van der Waals surface area contributed by atoms with Gasteiger partial charge in [0.25, 0.3) is 0 Å². The molecule has 176 valence electrons. The van der Waals surface area contributed by atoms with Gasteiger partial charge in [0.05, 0.1) is 5.69 Å². The zero-order chi connectivity index (χ0) is 24.1. The maximum absolute atomic E-state index is 13.6. The molecule has 1 N–H and O–H groups in total. The number of anilines is 2. The van der Waals surface area contributed by atoms with Crippen molar-refractivity contribution >= 4 is 28.9 Å². The third-order valence-corrected chi connectivity index (χ3v) is 5.56. The number of amides is 3. The molecule has 1 saturated heterocycles. The molecule has 1 aromatic carbocycles. The van der Waals surface area contributed by atoms with E-state index in [4.69, 9.17) is 0 Å². The minimum absolute atomic E-state index is 0.00805. The van der Waals surface area contributed by atoms with Crippen molar-refractivity contribution in [2.75, 3.05) is 23.3 Å². The lowest BCUT2D eigenvalue weighted by Gasteiger charge is -2.39. The maximum Gasteiger partial charge on any atom is 0.388 e. The van der Waals surface area contributed by atoms with Crippen LogP contribution in [0.4, 0.5) is 25.0 Å². The van der Waals surface area contributed by atoms with Gasteiger partial charge in [0.1, 0.15) is 5.69 Å². The van der Waals surface area contributed by atoms with Crippen LogP contribution in [-0.2, 0) is 4.79 Å². The first-order valence-electron chi connectivity index (χ1n) is 10.7. The van der Waals surface area contributed by atoms with Crippen LogP contribution in [0.1, 0.15) is 37.9 Å². The van der Waals surface area contributed by atoms with Gasteiger partial charge in [-0.05, 0) is 50.5 Å². The van der Waals surface area contributed by atoms with Gasteiger partial charge in [-0.25, -0.2) is 9.78 Å². The second kappa shape index (κ2) is 10.4. The number of ether oxygens (including phenoxy) is 1. The molecule has 0 aliphatic carbocycles. The number of halogens is 2. The number of urea groups is 1. The van der Waals surface area contributed by atoms with Gasteiger partial charge in [-0.1, -0.05) is 24.8 Å². The van der Waals surface area contributed by atoms with Gasteiger partial charge in [-0.3, -0.25) is 9.69 Å². The van der Waals surface area contributed by atoms with Crippen LogP contribution in [0.2, 0.25) is 0 Å². The van der Waals surface area contributed by atoms with Crippen molar-refractivity contribution in [3.63, 3.8) is 0 Å². The molecular formula is C24H28F2N4O3. The molecular weight excluding hydrogens is 430 g/mol. The summed E-state index contributed by atoms with van der Waals surface area (Å²) in [5.41, 5.74) is 2.76. The standard InChI is InChI=1S/C24H28F2N4O3/c1-15(2)19-7-5-6-8-21(19)30(18-11-13-29(14-12-18)17(4)31)24(32)28-20-10-9-16(3)27-22(20)33-23(25)26/h5-10,18,23H,1,11-14H2,2-4H3,(H,28,32). The zero-order valence-corrected chi connectivity index (χ0v) is 19.0. The number of hydrogen-bond acceptors (Lipinski definition) is 4. The summed E-state index contributed by atoms with van der Waals surface area (Å²) in [6, 6.07) is 9.76. The van der Waals surface area contributed by atoms with Crippen molar-refractivity contribution in [3.05, 3.63) is 54.2 Å². The predicted octanol–water partition coefficient (Wildman–Crippen LogP) is 5.07. The number of nitrogens with one attached hydrogen (secondary N) is 1. The number of piperidine rings is 1. The molecule has 3 amide bonds. The van der Waals surface area contributed by atoms with Gasteiger partial charge in [0, 0.05) is 37.3 Å². The minimum atomic E-state index is -3.08. The topological polar surface area (TPSA) is 74.8 Å². The number of aryl methyl sites for hydroxylation is 1. The number of likely N-dealkylation sites (tertiary alicyclic amines) is 1. The third-order valence-electron chi connectivity index (χ3n) is 5.56. The fourth-order valence-electron chi connectivity index (χ4n) is 3.93. The molecule has 33 heavy (non-hydrogen) atoms. The fourth-order valence-corrected chi connectivity index (χ4v) is 3.93. The summed E-state index contributed by atoms with van der Waals surface area (Å²) < 4.78 is 30.3. The van der Waals surface area contributed by atoms with Crippen molar-refractivity contribution in [1.82, 2.24) is 9.88 Å². The highest BCUT2D eigenvalue weighted by molar-refractivity contribution is 6.04. The summed E-state index contributed by atoms with van der Waals surface area (Å²) >= 11 is 0. The first-order valence-corrected chi connectivity index (χ1v) is 10.7. The molecule has 0 saturated carbocycles. The zero-order valence-electron chi connectivity index (χ0n) is 19.0. The number of aromatic nitrogens is 1. The summed E-state index contributed by atoms with van der Waals surface area (Å²) in [7, 11) is 0. The SMILES string of the molecule is C=C(C)c1ccccc1N(C(=O)Nc1ccc(C)nc1OC(F)F)C1CCN(C(C)=O)CC1. The normalized spacial score (nSPS) is 14.2. The van der Waals surface area contributed by atoms with Crippen LogP contribution in [0, 0.1) is 6.92 Å². The molecule has 0 bridgehead atoms. The summed E-state index contributed by atoms with van der Waals surface area (Å²) in [5, 5.41) is 2.70. The van der Waals surface area contributed by atoms with Gasteiger partial charge in [0.2, 0.25) is 11.8 Å². The number of hydrogen-bond donors (Lipinski definition) is 1. The maximum atomic E-state index is 13.6. The molecule has 0 spiro atoms. The highest BCUT2D eigenvalue weighted by Gasteiger charge is 2.32. The summed E-state index contributed by atoms with van der Waals surface area (Å²) in [6.45, 7) is 7.00. The average Bonchev–Trinajstić information content (AvgIpc) is 2.76. The van der Waals surface area contributed by atoms with Crippen molar-refractivity contribution in [1.29, 1.82) is 0 Å². The van der Waals surface area contributed by atoms with Crippen LogP contribution in [0.25, 0.3) is 5.57 Å². The van der Waals surface area contributed by atoms with Gasteiger partial charge in [-0.15, -0.1) is 0 Å². The van der Waals surface area contributed by atoms with Crippen LogP contribution < -0.4 is 15.0 Å². The monoisotopic (exact) mass is 458 g/mol. The van der Waals surface area contributed by atoms with E-state index in [9.17, 15) is 18.4 Å². The molecule has 0 unspecified atom stereocenters. The highest BCUT2D eigenvalue weighted by atomic mass is 19.3.